The summed E-state index contributed by atoms with van der Waals surface area (Å²) >= 11 is 0. The molecule has 0 spiro atoms. The van der Waals surface area contributed by atoms with E-state index in [0.29, 0.717) is 0 Å². The van der Waals surface area contributed by atoms with Gasteiger partial charge in [-0.2, -0.15) is 5.26 Å². The molecule has 0 amide bonds. The molecule has 2 aliphatic carbocycles. The van der Waals surface area contributed by atoms with Crippen LogP contribution in [0.4, 0.5) is 4.39 Å². The molecule has 1 aromatic rings. The average molecular weight is 382 g/mol. The van der Waals surface area contributed by atoms with Gasteiger partial charge in [-0.3, -0.25) is 0 Å². The average Bonchev–Trinajstić information content (AvgIpc) is 2.73. The van der Waals surface area contributed by atoms with E-state index >= 15 is 0 Å². The fourth-order valence-corrected chi connectivity index (χ4v) is 5.23. The van der Waals surface area contributed by atoms with E-state index in [2.05, 4.69) is 13.0 Å². The third kappa shape index (κ3) is 6.20. The van der Waals surface area contributed by atoms with Crippen LogP contribution < -0.4 is 0 Å². The topological polar surface area (TPSA) is 23.8 Å². The van der Waals surface area contributed by atoms with Crippen LogP contribution in [-0.2, 0) is 6.42 Å². The summed E-state index contributed by atoms with van der Waals surface area (Å²) in [6.07, 6.45) is 19.7. The molecule has 28 heavy (non-hydrogen) atoms. The van der Waals surface area contributed by atoms with Gasteiger partial charge in [0, 0.05) is 0 Å². The SMILES string of the molecule is CCC[C@H]1CC[C@H](CCC2CC=C(CCc3ccc(C#N)c(F)c3)CC2)CC1. The van der Waals surface area contributed by atoms with Crippen LogP contribution in [0, 0.1) is 34.9 Å². The van der Waals surface area contributed by atoms with E-state index < -0.39 is 0 Å². The van der Waals surface area contributed by atoms with Gasteiger partial charge in [-0.15, -0.1) is 0 Å². The van der Waals surface area contributed by atoms with Crippen LogP contribution in [0.1, 0.15) is 95.1 Å². The van der Waals surface area contributed by atoms with Crippen LogP contribution in [0.15, 0.2) is 29.8 Å². The van der Waals surface area contributed by atoms with Crippen molar-refractivity contribution in [2.24, 2.45) is 17.8 Å². The summed E-state index contributed by atoms with van der Waals surface area (Å²) in [7, 11) is 0. The molecule has 0 aromatic heterocycles. The van der Waals surface area contributed by atoms with Crippen molar-refractivity contribution in [3.05, 3.63) is 46.8 Å². The minimum absolute atomic E-state index is 0.141. The molecule has 1 fully saturated rings. The van der Waals surface area contributed by atoms with Gasteiger partial charge in [0.15, 0.2) is 0 Å². The molecule has 0 radical (unpaired) electrons. The van der Waals surface area contributed by atoms with Crippen LogP contribution in [0.5, 0.6) is 0 Å². The normalized spacial score (nSPS) is 25.2. The summed E-state index contributed by atoms with van der Waals surface area (Å²) in [6.45, 7) is 2.32. The van der Waals surface area contributed by atoms with Crippen LogP contribution in [0.3, 0.4) is 0 Å². The minimum Gasteiger partial charge on any atom is -0.206 e. The van der Waals surface area contributed by atoms with E-state index in [1.807, 2.05) is 12.1 Å². The summed E-state index contributed by atoms with van der Waals surface area (Å²) in [4.78, 5) is 0. The summed E-state index contributed by atoms with van der Waals surface area (Å²) < 4.78 is 13.7. The number of hydrogen-bond donors (Lipinski definition) is 0. The first-order valence-electron chi connectivity index (χ1n) is 11.5. The molecular weight excluding hydrogens is 345 g/mol. The van der Waals surface area contributed by atoms with E-state index in [0.717, 1.165) is 36.2 Å². The fraction of sp³-hybridized carbons (Fsp3) is 0.654. The number of rotatable bonds is 8. The number of allylic oxidation sites excluding steroid dienone is 2. The van der Waals surface area contributed by atoms with Crippen molar-refractivity contribution in [3.8, 4) is 6.07 Å². The van der Waals surface area contributed by atoms with Gasteiger partial charge in [0.05, 0.1) is 5.56 Å². The highest BCUT2D eigenvalue weighted by Gasteiger charge is 2.22. The van der Waals surface area contributed by atoms with Crippen molar-refractivity contribution in [1.82, 2.24) is 0 Å². The highest BCUT2D eigenvalue weighted by molar-refractivity contribution is 5.33. The molecule has 2 heteroatoms. The lowest BCUT2D eigenvalue weighted by molar-refractivity contribution is 0.236. The molecule has 0 heterocycles. The number of hydrogen-bond acceptors (Lipinski definition) is 1. The maximum atomic E-state index is 13.7. The van der Waals surface area contributed by atoms with Crippen LogP contribution in [-0.4, -0.2) is 0 Å². The molecule has 1 atom stereocenters. The zero-order valence-corrected chi connectivity index (χ0v) is 17.6. The maximum absolute atomic E-state index is 13.7. The Morgan fingerprint density at radius 3 is 2.29 bits per heavy atom. The van der Waals surface area contributed by atoms with Crippen molar-refractivity contribution in [1.29, 1.82) is 5.26 Å². The molecule has 152 valence electrons. The number of halogens is 1. The molecule has 0 N–H and O–H groups in total. The summed E-state index contributed by atoms with van der Waals surface area (Å²) in [5, 5.41) is 8.83. The number of aryl methyl sites for hydroxylation is 1. The van der Waals surface area contributed by atoms with Crippen molar-refractivity contribution < 1.29 is 4.39 Å². The maximum Gasteiger partial charge on any atom is 0.141 e. The first kappa shape index (κ1) is 21.1. The predicted molar refractivity (Wildman–Crippen MR) is 114 cm³/mol. The minimum atomic E-state index is -0.388. The third-order valence-electron chi connectivity index (χ3n) is 7.15. The van der Waals surface area contributed by atoms with Crippen molar-refractivity contribution in [2.75, 3.05) is 0 Å². The predicted octanol–water partition coefficient (Wildman–Crippen LogP) is 7.74. The van der Waals surface area contributed by atoms with E-state index in [9.17, 15) is 4.39 Å². The second-order valence-electron chi connectivity index (χ2n) is 9.18. The summed E-state index contributed by atoms with van der Waals surface area (Å²) in [5.74, 6) is 2.50. The Labute approximate surface area is 171 Å². The van der Waals surface area contributed by atoms with Gasteiger partial charge < -0.3 is 0 Å². The Kier molecular flexibility index (Phi) is 8.13. The van der Waals surface area contributed by atoms with Gasteiger partial charge in [0.1, 0.15) is 11.9 Å². The number of nitrogens with zero attached hydrogens (tertiary/aromatic N) is 1. The van der Waals surface area contributed by atoms with Gasteiger partial charge in [0.25, 0.3) is 0 Å². The van der Waals surface area contributed by atoms with Gasteiger partial charge in [-0.25, -0.2) is 4.39 Å². The molecule has 3 rings (SSSR count). The number of benzene rings is 1. The van der Waals surface area contributed by atoms with Crippen molar-refractivity contribution in [3.63, 3.8) is 0 Å². The molecule has 0 saturated heterocycles. The van der Waals surface area contributed by atoms with Gasteiger partial charge in [-0.1, -0.05) is 69.6 Å². The van der Waals surface area contributed by atoms with Gasteiger partial charge in [-0.05, 0) is 74.0 Å². The molecule has 0 bridgehead atoms. The molecule has 1 nitrogen and oxygen atoms in total. The molecule has 2 aliphatic rings. The van der Waals surface area contributed by atoms with Crippen LogP contribution in [0.2, 0.25) is 0 Å². The smallest absolute Gasteiger partial charge is 0.141 e. The van der Waals surface area contributed by atoms with E-state index in [1.165, 1.54) is 76.7 Å². The van der Waals surface area contributed by atoms with Crippen molar-refractivity contribution in [2.45, 2.75) is 90.4 Å². The summed E-state index contributed by atoms with van der Waals surface area (Å²) in [6, 6.07) is 6.91. The monoisotopic (exact) mass is 381 g/mol. The zero-order chi connectivity index (χ0) is 19.8. The number of nitriles is 1. The Hall–Kier alpha value is -1.62. The second kappa shape index (κ2) is 10.8. The fourth-order valence-electron chi connectivity index (χ4n) is 5.23. The highest BCUT2D eigenvalue weighted by Crippen LogP contribution is 2.36. The largest absolute Gasteiger partial charge is 0.206 e. The van der Waals surface area contributed by atoms with Gasteiger partial charge in [0.2, 0.25) is 0 Å². The Balaban J connectivity index is 1.35. The van der Waals surface area contributed by atoms with Crippen LogP contribution in [0.25, 0.3) is 0 Å². The Bertz CT molecular complexity index is 691. The quantitative estimate of drug-likeness (QED) is 0.422. The van der Waals surface area contributed by atoms with E-state index in [1.54, 1.807) is 11.6 Å². The third-order valence-corrected chi connectivity index (χ3v) is 7.15. The van der Waals surface area contributed by atoms with E-state index in [-0.39, 0.29) is 11.4 Å². The Morgan fingerprint density at radius 1 is 0.964 bits per heavy atom. The van der Waals surface area contributed by atoms with Crippen LogP contribution >= 0.6 is 0 Å². The lowest BCUT2D eigenvalue weighted by atomic mass is 9.76. The molecular formula is C26H36FN. The Morgan fingerprint density at radius 2 is 1.68 bits per heavy atom. The second-order valence-corrected chi connectivity index (χ2v) is 9.18. The molecule has 0 aliphatic heterocycles. The highest BCUT2D eigenvalue weighted by atomic mass is 19.1. The summed E-state index contributed by atoms with van der Waals surface area (Å²) in [5.41, 5.74) is 2.68. The molecule has 1 aromatic carbocycles. The lowest BCUT2D eigenvalue weighted by Gasteiger charge is -2.30. The standard InChI is InChI=1S/C26H36FN/c1-2-3-20-4-6-21(7-5-20)8-9-22-10-12-23(13-11-22)14-15-24-16-17-25(19-28)26(27)18-24/h12,16-18,20-22H,2-11,13-15H2,1H3/t20-,21-,22?. The van der Waals surface area contributed by atoms with Crippen molar-refractivity contribution >= 4 is 0 Å². The van der Waals surface area contributed by atoms with Gasteiger partial charge >= 0.3 is 0 Å². The lowest BCUT2D eigenvalue weighted by Crippen LogP contribution is -2.16. The van der Waals surface area contributed by atoms with E-state index in [4.69, 9.17) is 5.26 Å². The molecule has 1 unspecified atom stereocenters. The molecule has 1 saturated carbocycles. The zero-order valence-electron chi connectivity index (χ0n) is 17.6. The first-order valence-corrected chi connectivity index (χ1v) is 11.5. The first-order chi connectivity index (χ1) is 13.7.